The molecule has 0 aliphatic carbocycles. The summed E-state index contributed by atoms with van der Waals surface area (Å²) in [6.45, 7) is 1.09. The number of hydrogen-bond acceptors (Lipinski definition) is 3. The molecule has 1 amide bonds. The SMILES string of the molecule is O=C(c1ccc(Cn2cccn2)cc1)N(Cc1cccs1)c1ccc(F)cc1. The van der Waals surface area contributed by atoms with E-state index in [1.54, 1.807) is 34.6 Å². The number of benzene rings is 2. The third-order valence-electron chi connectivity index (χ3n) is 4.38. The van der Waals surface area contributed by atoms with Gasteiger partial charge in [-0.3, -0.25) is 9.48 Å². The summed E-state index contributed by atoms with van der Waals surface area (Å²) in [6, 6.07) is 19.3. The van der Waals surface area contributed by atoms with Crippen molar-refractivity contribution in [3.63, 3.8) is 0 Å². The van der Waals surface area contributed by atoms with Gasteiger partial charge in [0, 0.05) is 28.5 Å². The lowest BCUT2D eigenvalue weighted by molar-refractivity contribution is 0.0985. The fraction of sp³-hybridized carbons (Fsp3) is 0.0909. The van der Waals surface area contributed by atoms with E-state index in [9.17, 15) is 9.18 Å². The second-order valence-electron chi connectivity index (χ2n) is 6.35. The number of rotatable bonds is 6. The number of hydrogen-bond donors (Lipinski definition) is 0. The first-order chi connectivity index (χ1) is 13.7. The van der Waals surface area contributed by atoms with Crippen LogP contribution in [0.25, 0.3) is 0 Å². The van der Waals surface area contributed by atoms with Gasteiger partial charge in [-0.25, -0.2) is 4.39 Å². The van der Waals surface area contributed by atoms with Gasteiger partial charge in [0.1, 0.15) is 5.82 Å². The van der Waals surface area contributed by atoms with Crippen molar-refractivity contribution in [2.75, 3.05) is 4.90 Å². The molecular weight excluding hydrogens is 373 g/mol. The largest absolute Gasteiger partial charge is 0.303 e. The van der Waals surface area contributed by atoms with Gasteiger partial charge in [0.2, 0.25) is 0 Å². The highest BCUT2D eigenvalue weighted by Crippen LogP contribution is 2.23. The lowest BCUT2D eigenvalue weighted by Gasteiger charge is -2.22. The Balaban J connectivity index is 1.58. The van der Waals surface area contributed by atoms with Crippen LogP contribution >= 0.6 is 11.3 Å². The summed E-state index contributed by atoms with van der Waals surface area (Å²) < 4.78 is 15.2. The Morgan fingerprint density at radius 2 is 1.82 bits per heavy atom. The molecule has 4 nitrogen and oxygen atoms in total. The monoisotopic (exact) mass is 391 g/mol. The van der Waals surface area contributed by atoms with Gasteiger partial charge in [-0.2, -0.15) is 5.10 Å². The Bertz CT molecular complexity index is 1030. The van der Waals surface area contributed by atoms with Gasteiger partial charge < -0.3 is 4.90 Å². The van der Waals surface area contributed by atoms with Crippen LogP contribution in [0.5, 0.6) is 0 Å². The zero-order valence-electron chi connectivity index (χ0n) is 15.0. The maximum Gasteiger partial charge on any atom is 0.258 e. The standard InChI is InChI=1S/C22H18FN3OS/c23-19-8-10-20(11-9-19)26(16-21-3-1-14-28-21)22(27)18-6-4-17(5-7-18)15-25-13-2-12-24-25/h1-14H,15-16H2. The molecule has 0 atom stereocenters. The minimum absolute atomic E-state index is 0.120. The van der Waals surface area contributed by atoms with Crippen LogP contribution in [-0.2, 0) is 13.1 Å². The minimum atomic E-state index is -0.324. The summed E-state index contributed by atoms with van der Waals surface area (Å²) in [5, 5.41) is 6.18. The molecule has 2 aromatic heterocycles. The topological polar surface area (TPSA) is 38.1 Å². The molecular formula is C22H18FN3OS. The Morgan fingerprint density at radius 3 is 2.46 bits per heavy atom. The van der Waals surface area contributed by atoms with Crippen LogP contribution in [-0.4, -0.2) is 15.7 Å². The second kappa shape index (κ2) is 8.19. The van der Waals surface area contributed by atoms with Crippen molar-refractivity contribution in [3.8, 4) is 0 Å². The van der Waals surface area contributed by atoms with Crippen LogP contribution < -0.4 is 4.90 Å². The maximum absolute atomic E-state index is 13.3. The van der Waals surface area contributed by atoms with Gasteiger partial charge in [0.25, 0.3) is 5.91 Å². The highest BCUT2D eigenvalue weighted by Gasteiger charge is 2.19. The summed E-state index contributed by atoms with van der Waals surface area (Å²) in [6.07, 6.45) is 3.64. The van der Waals surface area contributed by atoms with Gasteiger partial charge in [0.15, 0.2) is 0 Å². The number of anilines is 1. The zero-order valence-corrected chi connectivity index (χ0v) is 15.8. The first-order valence-corrected chi connectivity index (χ1v) is 9.73. The summed E-state index contributed by atoms with van der Waals surface area (Å²) >= 11 is 1.59. The predicted octanol–water partition coefficient (Wildman–Crippen LogP) is 4.98. The normalized spacial score (nSPS) is 10.8. The van der Waals surface area contributed by atoms with Crippen molar-refractivity contribution in [2.45, 2.75) is 13.1 Å². The van der Waals surface area contributed by atoms with Crippen LogP contribution in [0.3, 0.4) is 0 Å². The summed E-state index contributed by atoms with van der Waals surface area (Å²) in [4.78, 5) is 15.9. The molecule has 6 heteroatoms. The number of carbonyl (C=O) groups is 1. The summed E-state index contributed by atoms with van der Waals surface area (Å²) in [7, 11) is 0. The lowest BCUT2D eigenvalue weighted by atomic mass is 10.1. The molecule has 4 aromatic rings. The molecule has 0 N–H and O–H groups in total. The van der Waals surface area contributed by atoms with Crippen molar-refractivity contribution >= 4 is 22.9 Å². The van der Waals surface area contributed by atoms with Gasteiger partial charge >= 0.3 is 0 Å². The van der Waals surface area contributed by atoms with Crippen LogP contribution in [0.4, 0.5) is 10.1 Å². The van der Waals surface area contributed by atoms with E-state index in [4.69, 9.17) is 0 Å². The molecule has 0 spiro atoms. The van der Waals surface area contributed by atoms with Crippen molar-refractivity contribution in [3.05, 3.63) is 106 Å². The molecule has 2 heterocycles. The van der Waals surface area contributed by atoms with Crippen molar-refractivity contribution in [2.24, 2.45) is 0 Å². The van der Waals surface area contributed by atoms with E-state index in [1.807, 2.05) is 58.7 Å². The highest BCUT2D eigenvalue weighted by atomic mass is 32.1. The number of nitrogens with zero attached hydrogens (tertiary/aromatic N) is 3. The molecule has 2 aromatic carbocycles. The molecule has 0 aliphatic rings. The zero-order chi connectivity index (χ0) is 19.3. The van der Waals surface area contributed by atoms with E-state index < -0.39 is 0 Å². The highest BCUT2D eigenvalue weighted by molar-refractivity contribution is 7.09. The molecule has 0 radical (unpaired) electrons. The Labute approximate surface area is 166 Å². The Kier molecular flexibility index (Phi) is 5.30. The van der Waals surface area contributed by atoms with E-state index in [2.05, 4.69) is 5.10 Å². The molecule has 4 rings (SSSR count). The summed E-state index contributed by atoms with van der Waals surface area (Å²) in [5.74, 6) is -0.444. The fourth-order valence-electron chi connectivity index (χ4n) is 2.95. The van der Waals surface area contributed by atoms with E-state index in [0.29, 0.717) is 24.3 Å². The van der Waals surface area contributed by atoms with Crippen LogP contribution in [0.15, 0.2) is 84.5 Å². The maximum atomic E-state index is 13.3. The number of carbonyl (C=O) groups excluding carboxylic acids is 1. The van der Waals surface area contributed by atoms with Crippen molar-refractivity contribution < 1.29 is 9.18 Å². The fourth-order valence-corrected chi connectivity index (χ4v) is 3.64. The van der Waals surface area contributed by atoms with E-state index in [0.717, 1.165) is 10.4 Å². The molecule has 0 bridgehead atoms. The molecule has 140 valence electrons. The van der Waals surface area contributed by atoms with Gasteiger partial charge in [-0.15, -0.1) is 11.3 Å². The molecule has 0 saturated heterocycles. The number of aromatic nitrogens is 2. The van der Waals surface area contributed by atoms with E-state index in [1.165, 1.54) is 12.1 Å². The average Bonchev–Trinajstić information content (AvgIpc) is 3.41. The molecule has 28 heavy (non-hydrogen) atoms. The molecule has 0 fully saturated rings. The van der Waals surface area contributed by atoms with Gasteiger partial charge in [-0.05, 0) is 59.5 Å². The Hall–Kier alpha value is -3.25. The smallest absolute Gasteiger partial charge is 0.258 e. The molecule has 0 aliphatic heterocycles. The third kappa shape index (κ3) is 4.18. The van der Waals surface area contributed by atoms with Crippen molar-refractivity contribution in [1.82, 2.24) is 9.78 Å². The molecule has 0 saturated carbocycles. The van der Waals surface area contributed by atoms with Crippen LogP contribution in [0, 0.1) is 5.82 Å². The Morgan fingerprint density at radius 1 is 1.04 bits per heavy atom. The first kappa shape index (κ1) is 18.1. The summed E-state index contributed by atoms with van der Waals surface area (Å²) in [5.41, 5.74) is 2.32. The van der Waals surface area contributed by atoms with E-state index >= 15 is 0 Å². The lowest BCUT2D eigenvalue weighted by Crippen LogP contribution is -2.30. The van der Waals surface area contributed by atoms with Gasteiger partial charge in [0.05, 0.1) is 13.1 Å². The number of amides is 1. The second-order valence-corrected chi connectivity index (χ2v) is 7.38. The molecule has 0 unspecified atom stereocenters. The minimum Gasteiger partial charge on any atom is -0.303 e. The number of thiophene rings is 1. The quantitative estimate of drug-likeness (QED) is 0.465. The average molecular weight is 391 g/mol. The van der Waals surface area contributed by atoms with Crippen LogP contribution in [0.1, 0.15) is 20.8 Å². The first-order valence-electron chi connectivity index (χ1n) is 8.85. The number of halogens is 1. The van der Waals surface area contributed by atoms with Crippen LogP contribution in [0.2, 0.25) is 0 Å². The predicted molar refractivity (Wildman–Crippen MR) is 109 cm³/mol. The van der Waals surface area contributed by atoms with Crippen molar-refractivity contribution in [1.29, 1.82) is 0 Å². The van der Waals surface area contributed by atoms with E-state index in [-0.39, 0.29) is 11.7 Å². The van der Waals surface area contributed by atoms with Gasteiger partial charge in [-0.1, -0.05) is 18.2 Å². The third-order valence-corrected chi connectivity index (χ3v) is 5.24.